The average Bonchev–Trinajstić information content (AvgIpc) is 1.60. The maximum absolute atomic E-state index is 12.3. The smallest absolute Gasteiger partial charge is 0.330 e. The summed E-state index contributed by atoms with van der Waals surface area (Å²) in [4.78, 5) is 56.9. The number of methoxy groups -OCH3 is 2. The van der Waals surface area contributed by atoms with Crippen LogP contribution in [0, 0.1) is 23.7 Å². The van der Waals surface area contributed by atoms with E-state index in [0.29, 0.717) is 74.4 Å². The van der Waals surface area contributed by atoms with Gasteiger partial charge in [-0.05, 0) is 273 Å². The van der Waals surface area contributed by atoms with Crippen LogP contribution in [0.15, 0.2) is 95.1 Å². The van der Waals surface area contributed by atoms with E-state index >= 15 is 0 Å². The number of carboxylic acids is 2. The number of phenols is 4. The SMILES string of the molecule is COC(=O)/C=C1/CC[C@@]2(O)[C@H]3Cc4ccc(O)c5c4[C@@]2(CCN3CC2CC2)C1O5.COC(=O)/C=C1\CC[C@@]2(O)[C@H]3Cc4ccc(O)c5c4[C@@]2(CCN3CC2CC2)C1O5.O=C(O)/C=C1/CC[C@@]2(O)[C@H]3Cc4ccc(O)c5c4[C@@]2(CCN3CC2CC2)C1O5.O=C(O)/C=C1\CC[C@@]2(O)[C@H]3Cc4ccc(O)c5c4[C@@]2(CCN3CC2CC2)C1O5. The Balaban J connectivity index is 0.0000000955. The molecule has 0 amide bonds. The van der Waals surface area contributed by atoms with Crippen molar-refractivity contribution in [3.8, 4) is 46.0 Å². The first-order valence-corrected chi connectivity index (χ1v) is 42.2. The Bertz CT molecular complexity index is 4620. The number of benzene rings is 4. The van der Waals surface area contributed by atoms with Gasteiger partial charge in [-0.15, -0.1) is 0 Å². The van der Waals surface area contributed by atoms with Gasteiger partial charge in [-0.2, -0.15) is 0 Å². The molecule has 4 saturated heterocycles. The molecule has 4 unspecified atom stereocenters. The number of rotatable bonds is 12. The van der Waals surface area contributed by atoms with E-state index in [0.717, 1.165) is 194 Å². The van der Waals surface area contributed by atoms with Gasteiger partial charge >= 0.3 is 23.9 Å². The van der Waals surface area contributed by atoms with Crippen molar-refractivity contribution in [1.29, 1.82) is 0 Å². The number of carbonyl (C=O) groups excluding carboxylic acids is 2. The molecule has 604 valence electrons. The normalized spacial score (nSPS) is 39.0. The highest BCUT2D eigenvalue weighted by molar-refractivity contribution is 5.85. The van der Waals surface area contributed by atoms with Crippen molar-refractivity contribution >= 4 is 23.9 Å². The Labute approximate surface area is 661 Å². The zero-order valence-electron chi connectivity index (χ0n) is 64.8. The number of aromatic hydroxyl groups is 4. The number of carboxylic acid groups (broad SMARTS) is 2. The van der Waals surface area contributed by atoms with Gasteiger partial charge in [-0.3, -0.25) is 19.6 Å². The summed E-state index contributed by atoms with van der Waals surface area (Å²) in [6, 6.07) is 14.8. The van der Waals surface area contributed by atoms with Gasteiger partial charge in [0.1, 0.15) is 24.4 Å². The van der Waals surface area contributed by atoms with Crippen molar-refractivity contribution < 1.29 is 98.7 Å². The molecule has 8 aliphatic heterocycles. The van der Waals surface area contributed by atoms with E-state index in [1.54, 1.807) is 24.3 Å². The van der Waals surface area contributed by atoms with Crippen LogP contribution < -0.4 is 18.9 Å². The number of hydrogen-bond acceptors (Lipinski definition) is 22. The maximum Gasteiger partial charge on any atom is 0.330 e. The van der Waals surface area contributed by atoms with Crippen LogP contribution in [0.4, 0.5) is 0 Å². The summed E-state index contributed by atoms with van der Waals surface area (Å²) in [5, 5.41) is 110. The first-order chi connectivity index (χ1) is 54.8. The average molecular weight is 1560 g/mol. The fraction of sp³-hybridized carbons (Fsp3) is 0.600. The lowest BCUT2D eigenvalue weighted by molar-refractivity contribution is -0.175. The van der Waals surface area contributed by atoms with Crippen molar-refractivity contribution in [2.24, 2.45) is 23.7 Å². The standard InChI is InChI=1S/2C23H27NO5.2C22H25NO5/c2*1-28-18(26)11-15-6-7-23(27)17-10-14-4-5-16(25)20-19(14)22(23,21(15)29-20)8-9-24(17)12-13-2-3-13;2*24-15-4-3-13-9-16-22(27)6-5-14(10-17(25)26)20-21(22,18(13)19(15)28-20)7-8-23(16)11-12-1-2-12/h2*4-5,11,13,17,21,25,27H,2-3,6-10,12H2,1H3;2*3-4,10,12,16,20,24,27H,1-2,5-9,11H2,(H,25,26)/b15-11+;15-11-;14-10+;14-10-/t2*17-,21?,22+,23-;2*16-,20?,21+,22-/m1111/s1. The van der Waals surface area contributed by atoms with Crippen LogP contribution in [0.25, 0.3) is 0 Å². The Kier molecular flexibility index (Phi) is 16.5. The Morgan fingerprint density at radius 3 is 0.807 bits per heavy atom. The topological polar surface area (TPSA) is 339 Å². The Morgan fingerprint density at radius 1 is 0.368 bits per heavy atom. The largest absolute Gasteiger partial charge is 0.504 e. The van der Waals surface area contributed by atoms with E-state index in [1.165, 1.54) is 89.9 Å². The van der Waals surface area contributed by atoms with Gasteiger partial charge in [0.2, 0.25) is 0 Å². The predicted molar refractivity (Wildman–Crippen MR) is 411 cm³/mol. The number of carbonyl (C=O) groups is 4. The van der Waals surface area contributed by atoms with E-state index in [-0.39, 0.29) is 47.2 Å². The number of hydrogen-bond donors (Lipinski definition) is 10. The lowest BCUT2D eigenvalue weighted by atomic mass is 9.48. The monoisotopic (exact) mass is 1560 g/mol. The molecule has 24 nitrogen and oxygen atoms in total. The summed E-state index contributed by atoms with van der Waals surface area (Å²) < 4.78 is 35.0. The third-order valence-electron chi connectivity index (χ3n) is 32.2. The Morgan fingerprint density at radius 2 is 0.596 bits per heavy atom. The highest BCUT2D eigenvalue weighted by atomic mass is 16.5. The third kappa shape index (κ3) is 10.2. The van der Waals surface area contributed by atoms with Crippen molar-refractivity contribution in [3.63, 3.8) is 0 Å². The molecule has 8 saturated carbocycles. The molecule has 16 atom stereocenters. The summed E-state index contributed by atoms with van der Waals surface area (Å²) in [5.74, 6) is 2.54. The molecule has 24 rings (SSSR count). The second-order valence-electron chi connectivity index (χ2n) is 37.6. The Hall–Kier alpha value is -8.20. The summed E-state index contributed by atoms with van der Waals surface area (Å²) in [5.41, 5.74) is 5.19. The number of piperidine rings is 4. The molecule has 10 N–H and O–H groups in total. The minimum absolute atomic E-state index is 0.0160. The van der Waals surface area contributed by atoms with Crippen molar-refractivity contribution in [2.45, 2.75) is 247 Å². The summed E-state index contributed by atoms with van der Waals surface area (Å²) >= 11 is 0. The first-order valence-electron chi connectivity index (χ1n) is 42.2. The minimum Gasteiger partial charge on any atom is -0.504 e. The number of nitrogens with zero attached hydrogens (tertiary/aromatic N) is 4. The van der Waals surface area contributed by atoms with Crippen molar-refractivity contribution in [1.82, 2.24) is 19.6 Å². The van der Waals surface area contributed by atoms with Crippen LogP contribution in [-0.4, -0.2) is 232 Å². The number of aliphatic carboxylic acids is 2. The molecule has 8 bridgehead atoms. The number of ether oxygens (including phenoxy) is 6. The molecular formula is C90H104N4O20. The molecule has 4 aromatic rings. The molecule has 24 heteroatoms. The van der Waals surface area contributed by atoms with E-state index in [4.69, 9.17) is 28.4 Å². The zero-order valence-corrected chi connectivity index (χ0v) is 64.8. The fourth-order valence-electron chi connectivity index (χ4n) is 26.7. The van der Waals surface area contributed by atoms with Gasteiger partial charge in [-0.25, -0.2) is 19.2 Å². The molecular weight excluding hydrogens is 1460 g/mol. The summed E-state index contributed by atoms with van der Waals surface area (Å²) in [6.07, 6.45) is 24.4. The molecule has 4 aromatic carbocycles. The molecule has 114 heavy (non-hydrogen) atoms. The highest BCUT2D eigenvalue weighted by Crippen LogP contribution is 2.72. The molecule has 8 heterocycles. The second kappa shape index (κ2) is 25.7. The lowest BCUT2D eigenvalue weighted by Crippen LogP contribution is -2.75. The van der Waals surface area contributed by atoms with Gasteiger partial charge in [0.05, 0.1) is 58.3 Å². The minimum atomic E-state index is -0.987. The van der Waals surface area contributed by atoms with Crippen LogP contribution in [0.1, 0.15) is 173 Å². The van der Waals surface area contributed by atoms with Gasteiger partial charge in [-0.1, -0.05) is 24.3 Å². The third-order valence-corrected chi connectivity index (χ3v) is 32.2. The van der Waals surface area contributed by atoms with E-state index in [2.05, 4.69) is 19.6 Å². The highest BCUT2D eigenvalue weighted by Gasteiger charge is 2.77. The van der Waals surface area contributed by atoms with Crippen LogP contribution in [0.5, 0.6) is 46.0 Å². The van der Waals surface area contributed by atoms with Gasteiger partial charge < -0.3 is 79.5 Å². The van der Waals surface area contributed by atoms with Gasteiger partial charge in [0, 0.05) is 96.9 Å². The van der Waals surface area contributed by atoms with Gasteiger partial charge in [0.25, 0.3) is 0 Å². The zero-order chi connectivity index (χ0) is 78.4. The summed E-state index contributed by atoms with van der Waals surface area (Å²) in [6.45, 7) is 7.74. The number of aliphatic hydroxyl groups is 4. The fourth-order valence-corrected chi connectivity index (χ4v) is 26.7. The summed E-state index contributed by atoms with van der Waals surface area (Å²) in [7, 11) is 2.75. The van der Waals surface area contributed by atoms with Crippen LogP contribution in [0.2, 0.25) is 0 Å². The maximum atomic E-state index is 12.3. The predicted octanol–water partition coefficient (Wildman–Crippen LogP) is 8.05. The lowest BCUT2D eigenvalue weighted by Gasteiger charge is -2.63. The van der Waals surface area contributed by atoms with Crippen molar-refractivity contribution in [3.05, 3.63) is 140 Å². The number of esters is 2. The quantitative estimate of drug-likeness (QED) is 0.0473. The molecule has 0 radical (unpaired) electrons. The first kappa shape index (κ1) is 73.4. The molecule has 0 aromatic heterocycles. The van der Waals surface area contributed by atoms with E-state index < -0.39 is 92.4 Å². The second-order valence-corrected chi connectivity index (χ2v) is 37.6. The van der Waals surface area contributed by atoms with Crippen LogP contribution in [-0.2, 0) is 76.0 Å². The molecule has 12 aliphatic carbocycles. The molecule has 20 aliphatic rings. The van der Waals surface area contributed by atoms with E-state index in [1.807, 2.05) is 24.3 Å². The molecule has 12 fully saturated rings. The number of phenolic OH excluding ortho intramolecular Hbond substituents is 4. The van der Waals surface area contributed by atoms with Crippen LogP contribution in [0.3, 0.4) is 0 Å². The van der Waals surface area contributed by atoms with Crippen LogP contribution >= 0.6 is 0 Å². The van der Waals surface area contributed by atoms with E-state index in [9.17, 15) is 70.2 Å². The van der Waals surface area contributed by atoms with Crippen molar-refractivity contribution in [2.75, 3.05) is 66.6 Å². The van der Waals surface area contributed by atoms with Gasteiger partial charge in [0.15, 0.2) is 46.0 Å². The molecule has 4 spiro atoms. The number of likely N-dealkylation sites (tertiary alicyclic amines) is 4.